The Morgan fingerprint density at radius 2 is 1.88 bits per heavy atom. The van der Waals surface area contributed by atoms with Crippen molar-refractivity contribution in [2.45, 2.75) is 38.1 Å². The smallest absolute Gasteiger partial charge is 0.231 e. The van der Waals surface area contributed by atoms with E-state index < -0.39 is 0 Å². The number of rotatable bonds is 5. The number of hydrogen-bond acceptors (Lipinski definition) is 4. The van der Waals surface area contributed by atoms with E-state index in [4.69, 9.17) is 14.2 Å². The summed E-state index contributed by atoms with van der Waals surface area (Å²) >= 11 is 0. The second kappa shape index (κ2) is 8.27. The molecule has 1 atom stereocenters. The highest BCUT2D eigenvalue weighted by Gasteiger charge is 2.30. The molecular weight excluding hydrogens is 332 g/mol. The quantitative estimate of drug-likeness (QED) is 0.824. The number of quaternary nitrogens is 1. The van der Waals surface area contributed by atoms with Gasteiger partial charge in [-0.25, -0.2) is 0 Å². The molecule has 0 radical (unpaired) electrons. The molecule has 0 aromatic heterocycles. The first-order chi connectivity index (χ1) is 12.8. The van der Waals surface area contributed by atoms with Gasteiger partial charge in [0.2, 0.25) is 12.7 Å². The van der Waals surface area contributed by atoms with Crippen molar-refractivity contribution in [1.29, 1.82) is 0 Å². The monoisotopic (exact) mass is 361 g/mol. The fraction of sp³-hybridized carbons (Fsp3) is 0.650. The molecule has 142 valence electrons. The third-order valence-corrected chi connectivity index (χ3v) is 5.88. The van der Waals surface area contributed by atoms with Gasteiger partial charge in [-0.05, 0) is 31.0 Å². The van der Waals surface area contributed by atoms with Crippen molar-refractivity contribution < 1.29 is 23.9 Å². The van der Waals surface area contributed by atoms with Crippen LogP contribution in [-0.2, 0) is 9.53 Å². The maximum Gasteiger partial charge on any atom is 0.231 e. The van der Waals surface area contributed by atoms with Gasteiger partial charge in [-0.3, -0.25) is 4.79 Å². The van der Waals surface area contributed by atoms with Gasteiger partial charge in [0.25, 0.3) is 0 Å². The Balaban J connectivity index is 1.46. The molecule has 1 amide bonds. The van der Waals surface area contributed by atoms with Crippen LogP contribution in [0.25, 0.3) is 0 Å². The minimum absolute atomic E-state index is 0.195. The van der Waals surface area contributed by atoms with Crippen molar-refractivity contribution in [3.8, 4) is 11.5 Å². The Morgan fingerprint density at radius 3 is 2.69 bits per heavy atom. The van der Waals surface area contributed by atoms with Gasteiger partial charge in [0, 0.05) is 11.5 Å². The van der Waals surface area contributed by atoms with Gasteiger partial charge >= 0.3 is 0 Å². The average molecular weight is 361 g/mol. The maximum atomic E-state index is 12.6. The summed E-state index contributed by atoms with van der Waals surface area (Å²) in [5.41, 5.74) is 1.19. The molecule has 6 nitrogen and oxygen atoms in total. The van der Waals surface area contributed by atoms with Gasteiger partial charge < -0.3 is 24.4 Å². The molecular formula is C20H29N2O4+. The van der Waals surface area contributed by atoms with Crippen molar-refractivity contribution in [3.63, 3.8) is 0 Å². The van der Waals surface area contributed by atoms with E-state index >= 15 is 0 Å². The van der Waals surface area contributed by atoms with Gasteiger partial charge in [-0.2, -0.15) is 0 Å². The zero-order valence-corrected chi connectivity index (χ0v) is 15.3. The van der Waals surface area contributed by atoms with Crippen molar-refractivity contribution >= 4 is 5.91 Å². The zero-order chi connectivity index (χ0) is 17.8. The largest absolute Gasteiger partial charge is 0.454 e. The van der Waals surface area contributed by atoms with Gasteiger partial charge in [-0.15, -0.1) is 0 Å². The van der Waals surface area contributed by atoms with E-state index in [0.29, 0.717) is 6.54 Å². The molecule has 2 aliphatic heterocycles. The molecule has 2 N–H and O–H groups in total. The lowest BCUT2D eigenvalue weighted by atomic mass is 9.88. The van der Waals surface area contributed by atoms with Crippen LogP contribution >= 0.6 is 0 Å². The van der Waals surface area contributed by atoms with Crippen molar-refractivity contribution in [2.24, 2.45) is 5.92 Å². The molecule has 0 bridgehead atoms. The minimum atomic E-state index is 0.195. The van der Waals surface area contributed by atoms with Crippen LogP contribution in [0.4, 0.5) is 0 Å². The lowest BCUT2D eigenvalue weighted by Gasteiger charge is -2.32. The van der Waals surface area contributed by atoms with Crippen LogP contribution in [-0.4, -0.2) is 45.5 Å². The highest BCUT2D eigenvalue weighted by Crippen LogP contribution is 2.33. The summed E-state index contributed by atoms with van der Waals surface area (Å²) in [6, 6.07) is 6.37. The first-order valence-corrected chi connectivity index (χ1v) is 9.91. The summed E-state index contributed by atoms with van der Waals surface area (Å²) in [4.78, 5) is 14.1. The van der Waals surface area contributed by atoms with Crippen LogP contribution in [0.5, 0.6) is 11.5 Å². The van der Waals surface area contributed by atoms with E-state index in [9.17, 15) is 4.79 Å². The number of morpholine rings is 1. The van der Waals surface area contributed by atoms with E-state index in [2.05, 4.69) is 17.4 Å². The molecule has 26 heavy (non-hydrogen) atoms. The molecule has 0 spiro atoms. The molecule has 1 saturated carbocycles. The average Bonchev–Trinajstić information content (AvgIpc) is 3.17. The third-order valence-electron chi connectivity index (χ3n) is 5.88. The molecule has 0 unspecified atom stereocenters. The van der Waals surface area contributed by atoms with Gasteiger partial charge in [0.1, 0.15) is 19.1 Å². The van der Waals surface area contributed by atoms with Crippen molar-refractivity contribution in [1.82, 2.24) is 5.32 Å². The minimum Gasteiger partial charge on any atom is -0.454 e. The topological polar surface area (TPSA) is 61.2 Å². The number of amides is 1. The molecule has 2 fully saturated rings. The summed E-state index contributed by atoms with van der Waals surface area (Å²) in [6.45, 7) is 4.40. The molecule has 1 aromatic carbocycles. The highest BCUT2D eigenvalue weighted by atomic mass is 16.7. The van der Waals surface area contributed by atoms with Crippen molar-refractivity contribution in [2.75, 3.05) is 39.6 Å². The summed E-state index contributed by atoms with van der Waals surface area (Å²) in [7, 11) is 0. The van der Waals surface area contributed by atoms with E-state index in [1.807, 2.05) is 6.07 Å². The number of ether oxygens (including phenoxy) is 3. The first-order valence-electron chi connectivity index (χ1n) is 9.91. The number of benzene rings is 1. The predicted octanol–water partition coefficient (Wildman–Crippen LogP) is 1.07. The Morgan fingerprint density at radius 1 is 1.12 bits per heavy atom. The second-order valence-electron chi connectivity index (χ2n) is 7.52. The molecule has 1 saturated heterocycles. The highest BCUT2D eigenvalue weighted by molar-refractivity contribution is 5.78. The summed E-state index contributed by atoms with van der Waals surface area (Å²) in [5.74, 6) is 2.03. The number of hydrogen-bond donors (Lipinski definition) is 2. The maximum absolute atomic E-state index is 12.6. The van der Waals surface area contributed by atoms with Gasteiger partial charge in [0.05, 0.1) is 19.8 Å². The Kier molecular flexibility index (Phi) is 5.60. The molecule has 6 heteroatoms. The zero-order valence-electron chi connectivity index (χ0n) is 15.3. The van der Waals surface area contributed by atoms with E-state index in [0.717, 1.165) is 50.6 Å². The first kappa shape index (κ1) is 17.6. The SMILES string of the molecule is O=C(NC[C@H](c1ccc2c(c1)OCO2)[NH+]1CCOCC1)C1CCCCC1. The summed E-state index contributed by atoms with van der Waals surface area (Å²) in [5, 5.41) is 3.24. The summed E-state index contributed by atoms with van der Waals surface area (Å²) in [6.07, 6.45) is 5.69. The fourth-order valence-electron chi connectivity index (χ4n) is 4.32. The summed E-state index contributed by atoms with van der Waals surface area (Å²) < 4.78 is 16.5. The van der Waals surface area contributed by atoms with Gasteiger partial charge in [0.15, 0.2) is 11.5 Å². The van der Waals surface area contributed by atoms with E-state index in [-0.39, 0.29) is 24.7 Å². The predicted molar refractivity (Wildman–Crippen MR) is 96.4 cm³/mol. The van der Waals surface area contributed by atoms with E-state index in [1.165, 1.54) is 29.7 Å². The number of carbonyl (C=O) groups excluding carboxylic acids is 1. The van der Waals surface area contributed by atoms with Crippen LogP contribution in [0.1, 0.15) is 43.7 Å². The molecule has 4 rings (SSSR count). The molecule has 1 aliphatic carbocycles. The fourth-order valence-corrected chi connectivity index (χ4v) is 4.32. The standard InChI is InChI=1S/C20H28N2O4/c23-20(15-4-2-1-3-5-15)21-13-17(22-8-10-24-11-9-22)16-6-7-18-19(12-16)26-14-25-18/h6-7,12,15,17H,1-5,8-11,13-14H2,(H,21,23)/p+1/t17-/m1/s1. The van der Waals surface area contributed by atoms with Crippen LogP contribution in [0, 0.1) is 5.92 Å². The lowest BCUT2D eigenvalue weighted by Crippen LogP contribution is -3.15. The number of fused-ring (bicyclic) bond motifs is 1. The molecule has 3 aliphatic rings. The Bertz CT molecular complexity index is 624. The van der Waals surface area contributed by atoms with Crippen LogP contribution in [0.2, 0.25) is 0 Å². The Hall–Kier alpha value is -1.79. The van der Waals surface area contributed by atoms with Crippen LogP contribution in [0.15, 0.2) is 18.2 Å². The van der Waals surface area contributed by atoms with E-state index in [1.54, 1.807) is 0 Å². The van der Waals surface area contributed by atoms with Crippen molar-refractivity contribution in [3.05, 3.63) is 23.8 Å². The molecule has 1 aromatic rings. The second-order valence-corrected chi connectivity index (χ2v) is 7.52. The van der Waals surface area contributed by atoms with Crippen LogP contribution in [0.3, 0.4) is 0 Å². The van der Waals surface area contributed by atoms with Crippen LogP contribution < -0.4 is 19.7 Å². The number of carbonyl (C=O) groups is 1. The normalized spacial score (nSPS) is 22.2. The third kappa shape index (κ3) is 3.96. The lowest BCUT2D eigenvalue weighted by molar-refractivity contribution is -0.937. The van der Waals surface area contributed by atoms with Gasteiger partial charge in [-0.1, -0.05) is 19.3 Å². The Labute approximate surface area is 154 Å². The number of nitrogens with one attached hydrogen (secondary N) is 2. The molecule has 2 heterocycles.